The fourth-order valence-electron chi connectivity index (χ4n) is 4.80. The minimum atomic E-state index is -4.26. The Balaban J connectivity index is 1.83. The van der Waals surface area contributed by atoms with Gasteiger partial charge in [0.25, 0.3) is 15.9 Å². The summed E-state index contributed by atoms with van der Waals surface area (Å²) in [5, 5.41) is -0.319. The van der Waals surface area contributed by atoms with Gasteiger partial charge < -0.3 is 10.6 Å². The molecule has 0 saturated carbocycles. The van der Waals surface area contributed by atoms with Crippen molar-refractivity contribution < 1.29 is 13.2 Å². The first kappa shape index (κ1) is 27.6. The Morgan fingerprint density at radius 1 is 1.13 bits per heavy atom. The number of pyridine rings is 2. The Morgan fingerprint density at radius 2 is 1.84 bits per heavy atom. The monoisotopic (exact) mass is 535 g/mol. The minimum absolute atomic E-state index is 0.0478. The van der Waals surface area contributed by atoms with Gasteiger partial charge in [0, 0.05) is 23.8 Å². The van der Waals surface area contributed by atoms with E-state index in [-0.39, 0.29) is 27.4 Å². The lowest BCUT2D eigenvalue weighted by molar-refractivity contribution is 0.0981. The number of nitrogens with one attached hydrogen (secondary N) is 1. The maximum Gasteiger partial charge on any atom is 0.281 e. The van der Waals surface area contributed by atoms with E-state index in [9.17, 15) is 13.2 Å². The van der Waals surface area contributed by atoms with E-state index < -0.39 is 15.9 Å². The number of amides is 1. The number of rotatable bonds is 5. The lowest BCUT2D eigenvalue weighted by Gasteiger charge is -2.36. The molecule has 0 aliphatic carbocycles. The molecule has 202 valence electrons. The molecule has 1 aliphatic rings. The first-order valence-corrected chi connectivity index (χ1v) is 14.3. The van der Waals surface area contributed by atoms with Crippen molar-refractivity contribution >= 4 is 27.6 Å². The van der Waals surface area contributed by atoms with Gasteiger partial charge in [0.2, 0.25) is 0 Å². The number of anilines is 2. The van der Waals surface area contributed by atoms with Gasteiger partial charge in [-0.1, -0.05) is 57.5 Å². The summed E-state index contributed by atoms with van der Waals surface area (Å²) >= 11 is 0. The van der Waals surface area contributed by atoms with Gasteiger partial charge in [-0.15, -0.1) is 0 Å². The van der Waals surface area contributed by atoms with Gasteiger partial charge in [-0.2, -0.15) is 8.42 Å². The average Bonchev–Trinajstić information content (AvgIpc) is 3.09. The van der Waals surface area contributed by atoms with Crippen LogP contribution in [0.25, 0.3) is 11.1 Å². The van der Waals surface area contributed by atoms with Crippen molar-refractivity contribution in [3.8, 4) is 11.1 Å². The van der Waals surface area contributed by atoms with Gasteiger partial charge in [0.15, 0.2) is 5.03 Å². The second-order valence-corrected chi connectivity index (χ2v) is 13.4. The van der Waals surface area contributed by atoms with Crippen LogP contribution < -0.4 is 15.4 Å². The minimum Gasteiger partial charge on any atom is -0.384 e. The molecule has 38 heavy (non-hydrogen) atoms. The third kappa shape index (κ3) is 5.38. The van der Waals surface area contributed by atoms with Crippen molar-refractivity contribution in [1.82, 2.24) is 14.7 Å². The maximum absolute atomic E-state index is 13.6. The van der Waals surface area contributed by atoms with E-state index in [1.54, 1.807) is 12.3 Å². The van der Waals surface area contributed by atoms with Gasteiger partial charge in [0.1, 0.15) is 11.6 Å². The summed E-state index contributed by atoms with van der Waals surface area (Å²) in [6.45, 7) is 15.6. The Bertz CT molecular complexity index is 1490. The first-order chi connectivity index (χ1) is 17.6. The molecular weight excluding hydrogens is 498 g/mol. The predicted molar refractivity (Wildman–Crippen MR) is 152 cm³/mol. The third-order valence-corrected chi connectivity index (χ3v) is 8.81. The summed E-state index contributed by atoms with van der Waals surface area (Å²) in [5.41, 5.74) is 9.44. The van der Waals surface area contributed by atoms with Crippen LogP contribution in [0.1, 0.15) is 69.4 Å². The number of hydrogen-bond donors (Lipinski definition) is 2. The van der Waals surface area contributed by atoms with Gasteiger partial charge in [-0.3, -0.25) is 4.79 Å². The zero-order valence-electron chi connectivity index (χ0n) is 23.2. The highest BCUT2D eigenvalue weighted by Crippen LogP contribution is 2.39. The summed E-state index contributed by atoms with van der Waals surface area (Å²) in [6.07, 6.45) is 2.70. The number of benzene rings is 1. The van der Waals surface area contributed by atoms with E-state index in [0.29, 0.717) is 18.3 Å². The molecule has 4 rings (SSSR count). The molecule has 1 saturated heterocycles. The number of nitrogens with zero attached hydrogens (tertiary/aromatic N) is 3. The Kier molecular flexibility index (Phi) is 7.03. The number of carbonyl (C=O) groups is 1. The highest BCUT2D eigenvalue weighted by molar-refractivity contribution is 7.90. The standard InChI is InChI=1S/C29H37N5O3S/c1-18-13-20(15-22(14-18)28(3,4)5)21-16-23(26(31-17-21)34-12-11-19(2)29(34,6)7)27(35)33-38(36,37)25-10-8-9-24(30)32-25/h8-10,13-17,19H,11-12H2,1-7H3,(H2,30,32)(H,33,35). The third-order valence-electron chi connectivity index (χ3n) is 7.58. The number of sulfonamides is 1. The van der Waals surface area contributed by atoms with Crippen molar-refractivity contribution in [2.45, 2.75) is 70.9 Å². The molecule has 3 N–H and O–H groups in total. The Hall–Kier alpha value is -3.46. The number of nitrogens with two attached hydrogens (primary N) is 1. The number of hydrogen-bond acceptors (Lipinski definition) is 7. The molecule has 1 amide bonds. The fraction of sp³-hybridized carbons (Fsp3) is 0.414. The molecule has 8 nitrogen and oxygen atoms in total. The van der Waals surface area contributed by atoms with Gasteiger partial charge in [-0.05, 0) is 67.9 Å². The fourth-order valence-corrected chi connectivity index (χ4v) is 5.74. The van der Waals surface area contributed by atoms with E-state index in [4.69, 9.17) is 10.7 Å². The number of aromatic nitrogens is 2. The largest absolute Gasteiger partial charge is 0.384 e. The second-order valence-electron chi connectivity index (χ2n) is 11.8. The lowest BCUT2D eigenvalue weighted by Crippen LogP contribution is -2.43. The Morgan fingerprint density at radius 3 is 2.45 bits per heavy atom. The van der Waals surface area contributed by atoms with Crippen molar-refractivity contribution in [2.75, 3.05) is 17.2 Å². The molecule has 3 aromatic rings. The quantitative estimate of drug-likeness (QED) is 0.468. The lowest BCUT2D eigenvalue weighted by atomic mass is 9.84. The molecule has 1 atom stereocenters. The molecule has 0 bridgehead atoms. The topological polar surface area (TPSA) is 118 Å². The maximum atomic E-state index is 13.6. The van der Waals surface area contributed by atoms with E-state index >= 15 is 0 Å². The van der Waals surface area contributed by atoms with Crippen LogP contribution in [0.15, 0.2) is 53.7 Å². The smallest absolute Gasteiger partial charge is 0.281 e. The van der Waals surface area contributed by atoms with E-state index in [2.05, 4.69) is 68.3 Å². The molecule has 1 unspecified atom stereocenters. The molecule has 0 radical (unpaired) electrons. The SMILES string of the molecule is Cc1cc(-c2cnc(N3CCC(C)C3(C)C)c(C(=O)NS(=O)(=O)c3cccc(N)n3)c2)cc(C(C)(C)C)c1. The van der Waals surface area contributed by atoms with Gasteiger partial charge in [-0.25, -0.2) is 14.7 Å². The van der Waals surface area contributed by atoms with Crippen LogP contribution in [0.5, 0.6) is 0 Å². The highest BCUT2D eigenvalue weighted by atomic mass is 32.2. The summed E-state index contributed by atoms with van der Waals surface area (Å²) in [7, 11) is -4.26. The molecular formula is C29H37N5O3S. The van der Waals surface area contributed by atoms with E-state index in [0.717, 1.165) is 28.7 Å². The molecule has 1 fully saturated rings. The first-order valence-electron chi connectivity index (χ1n) is 12.8. The zero-order valence-corrected chi connectivity index (χ0v) is 24.0. The van der Waals surface area contributed by atoms with Crippen molar-refractivity contribution in [1.29, 1.82) is 0 Å². The zero-order chi connectivity index (χ0) is 28.0. The summed E-state index contributed by atoms with van der Waals surface area (Å²) in [5.74, 6) is 0.107. The van der Waals surface area contributed by atoms with Crippen LogP contribution in [-0.2, 0) is 15.4 Å². The normalized spacial score (nSPS) is 17.4. The molecule has 1 aliphatic heterocycles. The van der Waals surface area contributed by atoms with Crippen molar-refractivity contribution in [2.24, 2.45) is 5.92 Å². The van der Waals surface area contributed by atoms with Crippen LogP contribution in [0.2, 0.25) is 0 Å². The van der Waals surface area contributed by atoms with Gasteiger partial charge in [0.05, 0.1) is 5.56 Å². The van der Waals surface area contributed by atoms with Crippen molar-refractivity contribution in [3.63, 3.8) is 0 Å². The van der Waals surface area contributed by atoms with Crippen LogP contribution in [-0.4, -0.2) is 36.4 Å². The summed E-state index contributed by atoms with van der Waals surface area (Å²) in [6, 6.07) is 12.3. The van der Waals surface area contributed by atoms with E-state index in [1.807, 2.05) is 13.0 Å². The van der Waals surface area contributed by atoms with Crippen molar-refractivity contribution in [3.05, 3.63) is 65.4 Å². The molecule has 3 heterocycles. The Labute approximate surface area is 225 Å². The molecule has 1 aromatic carbocycles. The van der Waals surface area contributed by atoms with Crippen LogP contribution in [0.4, 0.5) is 11.6 Å². The van der Waals surface area contributed by atoms with Crippen LogP contribution in [0.3, 0.4) is 0 Å². The molecule has 0 spiro atoms. The van der Waals surface area contributed by atoms with Gasteiger partial charge >= 0.3 is 0 Å². The number of nitrogen functional groups attached to an aromatic ring is 1. The summed E-state index contributed by atoms with van der Waals surface area (Å²) < 4.78 is 28.3. The number of aryl methyl sites for hydroxylation is 1. The second kappa shape index (κ2) is 9.69. The highest BCUT2D eigenvalue weighted by Gasteiger charge is 2.41. The van der Waals surface area contributed by atoms with E-state index in [1.165, 1.54) is 18.2 Å². The van der Waals surface area contributed by atoms with Crippen LogP contribution >= 0.6 is 0 Å². The number of carbonyl (C=O) groups excluding carboxylic acids is 1. The van der Waals surface area contributed by atoms with Crippen LogP contribution in [0, 0.1) is 12.8 Å². The molecule has 9 heteroatoms. The summed E-state index contributed by atoms with van der Waals surface area (Å²) in [4.78, 5) is 24.4. The molecule has 2 aromatic heterocycles. The average molecular weight is 536 g/mol. The predicted octanol–water partition coefficient (Wildman–Crippen LogP) is 5.08.